The number of hydrogen-bond acceptors (Lipinski definition) is 4. The molecule has 128 valence electrons. The van der Waals surface area contributed by atoms with Crippen LogP contribution in [0, 0.1) is 0 Å². The van der Waals surface area contributed by atoms with E-state index in [1.165, 1.54) is 4.90 Å². The Morgan fingerprint density at radius 1 is 1.21 bits per heavy atom. The van der Waals surface area contributed by atoms with Gasteiger partial charge < -0.3 is 16.0 Å². The molecule has 7 nitrogen and oxygen atoms in total. The Balaban J connectivity index is 1.68. The number of nitrogens with zero attached hydrogens (tertiary/aromatic N) is 2. The molecule has 2 aliphatic heterocycles. The van der Waals surface area contributed by atoms with E-state index < -0.39 is 0 Å². The fourth-order valence-corrected chi connectivity index (χ4v) is 3.23. The molecule has 0 bridgehead atoms. The summed E-state index contributed by atoms with van der Waals surface area (Å²) in [5.74, 6) is -0.244. The van der Waals surface area contributed by atoms with Gasteiger partial charge in [-0.25, -0.2) is 4.79 Å². The highest BCUT2D eigenvalue weighted by molar-refractivity contribution is 6.01. The molecule has 2 saturated heterocycles. The van der Waals surface area contributed by atoms with Crippen LogP contribution in [0.1, 0.15) is 35.2 Å². The summed E-state index contributed by atoms with van der Waals surface area (Å²) in [7, 11) is 0. The van der Waals surface area contributed by atoms with E-state index >= 15 is 0 Å². The van der Waals surface area contributed by atoms with Crippen molar-refractivity contribution in [3.05, 3.63) is 35.4 Å². The first-order valence-electron chi connectivity index (χ1n) is 8.28. The number of nitrogens with one attached hydrogen (secondary N) is 1. The number of likely N-dealkylation sites (tertiary alicyclic amines) is 1. The lowest BCUT2D eigenvalue weighted by atomic mass is 10.0. The van der Waals surface area contributed by atoms with Gasteiger partial charge in [-0.2, -0.15) is 0 Å². The van der Waals surface area contributed by atoms with Gasteiger partial charge in [0.25, 0.3) is 5.91 Å². The summed E-state index contributed by atoms with van der Waals surface area (Å²) >= 11 is 0. The maximum atomic E-state index is 12.7. The van der Waals surface area contributed by atoms with E-state index in [1.54, 1.807) is 24.3 Å². The monoisotopic (exact) mass is 330 g/mol. The number of amides is 4. The molecule has 2 aliphatic rings. The van der Waals surface area contributed by atoms with Gasteiger partial charge in [-0.15, -0.1) is 0 Å². The zero-order valence-electron chi connectivity index (χ0n) is 13.5. The fraction of sp³-hybridized carbons (Fsp3) is 0.471. The lowest BCUT2D eigenvalue weighted by Crippen LogP contribution is -2.47. The van der Waals surface area contributed by atoms with Gasteiger partial charge in [0, 0.05) is 24.7 Å². The van der Waals surface area contributed by atoms with Crippen LogP contribution >= 0.6 is 0 Å². The Bertz CT molecular complexity index is 628. The number of carbonyl (C=O) groups is 3. The van der Waals surface area contributed by atoms with Gasteiger partial charge in [0.2, 0.25) is 5.91 Å². The summed E-state index contributed by atoms with van der Waals surface area (Å²) in [6.07, 6.45) is 3.07. The second kappa shape index (κ2) is 7.00. The maximum absolute atomic E-state index is 12.7. The molecule has 4 amide bonds. The lowest BCUT2D eigenvalue weighted by molar-refractivity contribution is -0.125. The van der Waals surface area contributed by atoms with Gasteiger partial charge in [0.05, 0.1) is 13.1 Å². The molecule has 0 saturated carbocycles. The van der Waals surface area contributed by atoms with Crippen molar-refractivity contribution in [3.8, 4) is 0 Å². The number of carbonyl (C=O) groups excluding carboxylic acids is 3. The zero-order valence-corrected chi connectivity index (χ0v) is 13.5. The van der Waals surface area contributed by atoms with Gasteiger partial charge in [0.1, 0.15) is 0 Å². The quantitative estimate of drug-likeness (QED) is 0.794. The Morgan fingerprint density at radius 3 is 2.58 bits per heavy atom. The maximum Gasteiger partial charge on any atom is 0.324 e. The van der Waals surface area contributed by atoms with E-state index in [0.717, 1.165) is 31.4 Å². The van der Waals surface area contributed by atoms with Gasteiger partial charge in [-0.3, -0.25) is 14.5 Å². The second-order valence-electron chi connectivity index (χ2n) is 6.22. The molecule has 1 aromatic rings. The van der Waals surface area contributed by atoms with E-state index in [-0.39, 0.29) is 37.0 Å². The summed E-state index contributed by atoms with van der Waals surface area (Å²) in [4.78, 5) is 38.9. The minimum Gasteiger partial charge on any atom is -0.334 e. The smallest absolute Gasteiger partial charge is 0.324 e. The van der Waals surface area contributed by atoms with Crippen LogP contribution in [-0.4, -0.2) is 53.3 Å². The summed E-state index contributed by atoms with van der Waals surface area (Å²) in [5, 5.41) is 2.49. The van der Waals surface area contributed by atoms with Crippen LogP contribution in [0.15, 0.2) is 24.3 Å². The van der Waals surface area contributed by atoms with Crippen molar-refractivity contribution >= 4 is 17.8 Å². The van der Waals surface area contributed by atoms with Gasteiger partial charge in [-0.05, 0) is 37.0 Å². The van der Waals surface area contributed by atoms with E-state index in [2.05, 4.69) is 5.32 Å². The normalized spacial score (nSPS) is 21.1. The molecule has 3 rings (SSSR count). The Labute approximate surface area is 140 Å². The molecule has 3 N–H and O–H groups in total. The SMILES string of the molecule is NC[C@H]1CCCCN1C(=O)c1ccc(CN2C(=O)CNC2=O)cc1. The topological polar surface area (TPSA) is 95.7 Å². The average Bonchev–Trinajstić information content (AvgIpc) is 2.93. The number of benzene rings is 1. The highest BCUT2D eigenvalue weighted by Crippen LogP contribution is 2.19. The molecule has 1 atom stereocenters. The van der Waals surface area contributed by atoms with Gasteiger partial charge in [-0.1, -0.05) is 12.1 Å². The highest BCUT2D eigenvalue weighted by atomic mass is 16.2. The number of imide groups is 1. The molecule has 7 heteroatoms. The summed E-state index contributed by atoms with van der Waals surface area (Å²) < 4.78 is 0. The number of rotatable bonds is 4. The zero-order chi connectivity index (χ0) is 17.1. The molecule has 1 aromatic carbocycles. The molecule has 0 unspecified atom stereocenters. The predicted molar refractivity (Wildman–Crippen MR) is 88.1 cm³/mol. The average molecular weight is 330 g/mol. The summed E-state index contributed by atoms with van der Waals surface area (Å²) in [5.41, 5.74) is 7.20. The fourth-order valence-electron chi connectivity index (χ4n) is 3.23. The summed E-state index contributed by atoms with van der Waals surface area (Å²) in [6, 6.07) is 6.80. The van der Waals surface area contributed by atoms with Gasteiger partial charge in [0.15, 0.2) is 0 Å². The van der Waals surface area contributed by atoms with Crippen molar-refractivity contribution in [3.63, 3.8) is 0 Å². The van der Waals surface area contributed by atoms with Crippen molar-refractivity contribution in [2.45, 2.75) is 31.8 Å². The van der Waals surface area contributed by atoms with Crippen LogP contribution in [0.5, 0.6) is 0 Å². The Kier molecular flexibility index (Phi) is 4.80. The standard InChI is InChI=1S/C17H22N4O3/c18-9-14-3-1-2-8-20(14)16(23)13-6-4-12(5-7-13)11-21-15(22)10-19-17(21)24/h4-7,14H,1-3,8-11,18H2,(H,19,24)/t14-/m1/s1. The van der Waals surface area contributed by atoms with Crippen LogP contribution in [0.25, 0.3) is 0 Å². The van der Waals surface area contributed by atoms with E-state index in [1.807, 2.05) is 4.90 Å². The highest BCUT2D eigenvalue weighted by Gasteiger charge is 2.29. The molecule has 0 radical (unpaired) electrons. The first-order chi connectivity index (χ1) is 11.6. The third kappa shape index (κ3) is 3.26. The van der Waals surface area contributed by atoms with Crippen LogP contribution in [0.3, 0.4) is 0 Å². The van der Waals surface area contributed by atoms with Crippen LogP contribution in [-0.2, 0) is 11.3 Å². The minimum absolute atomic E-state index is 0.00769. The lowest BCUT2D eigenvalue weighted by Gasteiger charge is -2.35. The number of nitrogens with two attached hydrogens (primary N) is 1. The largest absolute Gasteiger partial charge is 0.334 e. The number of piperidine rings is 1. The van der Waals surface area contributed by atoms with E-state index in [4.69, 9.17) is 5.73 Å². The Morgan fingerprint density at radius 2 is 1.96 bits per heavy atom. The van der Waals surface area contributed by atoms with Gasteiger partial charge >= 0.3 is 6.03 Å². The molecule has 0 aliphatic carbocycles. The van der Waals surface area contributed by atoms with Crippen LogP contribution < -0.4 is 11.1 Å². The number of hydrogen-bond donors (Lipinski definition) is 2. The summed E-state index contributed by atoms with van der Waals surface area (Å²) in [6.45, 7) is 1.49. The predicted octanol–water partition coefficient (Wildman–Crippen LogP) is 0.692. The third-order valence-electron chi connectivity index (χ3n) is 4.64. The molecular weight excluding hydrogens is 308 g/mol. The van der Waals surface area contributed by atoms with E-state index in [9.17, 15) is 14.4 Å². The van der Waals surface area contributed by atoms with Crippen LogP contribution in [0.2, 0.25) is 0 Å². The van der Waals surface area contributed by atoms with Crippen molar-refractivity contribution in [2.75, 3.05) is 19.6 Å². The first kappa shape index (κ1) is 16.4. The first-order valence-corrected chi connectivity index (χ1v) is 8.28. The van der Waals surface area contributed by atoms with Crippen molar-refractivity contribution in [1.29, 1.82) is 0 Å². The van der Waals surface area contributed by atoms with Crippen molar-refractivity contribution in [1.82, 2.24) is 15.1 Å². The van der Waals surface area contributed by atoms with Crippen molar-refractivity contribution < 1.29 is 14.4 Å². The second-order valence-corrected chi connectivity index (χ2v) is 6.22. The molecule has 0 spiro atoms. The number of urea groups is 1. The molecule has 2 heterocycles. The van der Waals surface area contributed by atoms with Crippen LogP contribution in [0.4, 0.5) is 4.79 Å². The van der Waals surface area contributed by atoms with E-state index in [0.29, 0.717) is 12.1 Å². The molecule has 0 aromatic heterocycles. The molecular formula is C17H22N4O3. The van der Waals surface area contributed by atoms with Crippen molar-refractivity contribution in [2.24, 2.45) is 5.73 Å². The molecule has 24 heavy (non-hydrogen) atoms. The third-order valence-corrected chi connectivity index (χ3v) is 4.64. The minimum atomic E-state index is -0.376. The molecule has 2 fully saturated rings. The Hall–Kier alpha value is -2.41.